The first-order valence-electron chi connectivity index (χ1n) is 17.1. The molecule has 40 heavy (non-hydrogen) atoms. The largest absolute Gasteiger partial charge is 1.00 e. The van der Waals surface area contributed by atoms with E-state index in [1.54, 1.807) is 0 Å². The standard InChI is InChI=1S/C36H64NO2.ClH/c1-3-5-7-9-11-13-15-16-17-18-19-20-21-23-25-27-31-37-32-29-30-35(34-37)36(38)39-33-28-26-24-22-14-12-10-8-6-4-2;/h16-17,29-30,32,34H,3-15,18-28,31,33H2,1-2H3;1H/q+1;/p-1/b17-16-;. The van der Waals surface area contributed by atoms with Gasteiger partial charge in [-0.05, 0) is 44.6 Å². The Kier molecular flexibility index (Phi) is 29.6. The zero-order valence-corrected chi connectivity index (χ0v) is 27.2. The molecule has 4 heteroatoms. The Balaban J connectivity index is 0.0000152. The average molecular weight is 578 g/mol. The molecule has 0 saturated carbocycles. The summed E-state index contributed by atoms with van der Waals surface area (Å²) in [5.74, 6) is -0.179. The maximum Gasteiger partial charge on any atom is 0.344 e. The van der Waals surface area contributed by atoms with Crippen molar-refractivity contribution in [2.24, 2.45) is 0 Å². The van der Waals surface area contributed by atoms with Crippen LogP contribution in [0.15, 0.2) is 36.7 Å². The summed E-state index contributed by atoms with van der Waals surface area (Å²) in [5.41, 5.74) is 0.675. The van der Waals surface area contributed by atoms with E-state index in [0.717, 1.165) is 19.4 Å². The number of aromatic nitrogens is 1. The van der Waals surface area contributed by atoms with E-state index < -0.39 is 0 Å². The summed E-state index contributed by atoms with van der Waals surface area (Å²) in [6.45, 7) is 6.06. The molecule has 1 rings (SSSR count). The number of carbonyl (C=O) groups excluding carboxylic acids is 1. The van der Waals surface area contributed by atoms with E-state index in [1.165, 1.54) is 141 Å². The minimum atomic E-state index is -0.179. The first-order chi connectivity index (χ1) is 19.3. The lowest BCUT2D eigenvalue weighted by molar-refractivity contribution is -0.697. The number of hydrogen-bond donors (Lipinski definition) is 0. The van der Waals surface area contributed by atoms with E-state index >= 15 is 0 Å². The normalized spacial score (nSPS) is 11.2. The first-order valence-corrected chi connectivity index (χ1v) is 17.1. The second-order valence-corrected chi connectivity index (χ2v) is 11.6. The summed E-state index contributed by atoms with van der Waals surface area (Å²) in [6.07, 6.45) is 40.3. The number of pyridine rings is 1. The van der Waals surface area contributed by atoms with E-state index in [9.17, 15) is 4.79 Å². The van der Waals surface area contributed by atoms with Gasteiger partial charge in [0.2, 0.25) is 0 Å². The van der Waals surface area contributed by atoms with Gasteiger partial charge in [0.15, 0.2) is 12.4 Å². The fourth-order valence-electron chi connectivity index (χ4n) is 5.16. The van der Waals surface area contributed by atoms with Crippen LogP contribution in [-0.4, -0.2) is 12.6 Å². The molecule has 0 aliphatic rings. The van der Waals surface area contributed by atoms with Crippen LogP contribution in [0.1, 0.15) is 178 Å². The Bertz CT molecular complexity index is 706. The van der Waals surface area contributed by atoms with Crippen molar-refractivity contribution in [1.29, 1.82) is 0 Å². The molecule has 0 aliphatic heterocycles. The van der Waals surface area contributed by atoms with Crippen LogP contribution in [0.4, 0.5) is 0 Å². The smallest absolute Gasteiger partial charge is 0.344 e. The van der Waals surface area contributed by atoms with Gasteiger partial charge in [0.05, 0.1) is 6.61 Å². The van der Waals surface area contributed by atoms with E-state index in [1.807, 2.05) is 18.3 Å². The summed E-state index contributed by atoms with van der Waals surface area (Å²) < 4.78 is 7.68. The molecule has 0 atom stereocenters. The lowest BCUT2D eigenvalue weighted by Gasteiger charge is -2.05. The van der Waals surface area contributed by atoms with Gasteiger partial charge >= 0.3 is 5.97 Å². The second kappa shape index (κ2) is 30.6. The fraction of sp³-hybridized carbons (Fsp3) is 0.778. The van der Waals surface area contributed by atoms with Crippen molar-refractivity contribution in [3.8, 4) is 0 Å². The summed E-state index contributed by atoms with van der Waals surface area (Å²) >= 11 is 0. The lowest BCUT2D eigenvalue weighted by Crippen LogP contribution is -3.00. The molecule has 232 valence electrons. The minimum absolute atomic E-state index is 0. The van der Waals surface area contributed by atoms with Crippen LogP contribution < -0.4 is 17.0 Å². The highest BCUT2D eigenvalue weighted by Gasteiger charge is 2.12. The predicted molar refractivity (Wildman–Crippen MR) is 168 cm³/mol. The second-order valence-electron chi connectivity index (χ2n) is 11.6. The Labute approximate surface area is 255 Å². The molecular weight excluding hydrogens is 514 g/mol. The Morgan fingerprint density at radius 1 is 0.650 bits per heavy atom. The van der Waals surface area contributed by atoms with E-state index in [2.05, 4.69) is 36.8 Å². The fourth-order valence-corrected chi connectivity index (χ4v) is 5.16. The molecule has 0 unspecified atom stereocenters. The van der Waals surface area contributed by atoms with Crippen molar-refractivity contribution in [2.45, 2.75) is 174 Å². The number of aryl methyl sites for hydroxylation is 1. The molecule has 0 aromatic carbocycles. The van der Waals surface area contributed by atoms with Crippen LogP contribution in [-0.2, 0) is 11.3 Å². The number of esters is 1. The molecule has 1 heterocycles. The van der Waals surface area contributed by atoms with Crippen LogP contribution in [0.25, 0.3) is 0 Å². The van der Waals surface area contributed by atoms with Crippen molar-refractivity contribution in [3.05, 3.63) is 42.2 Å². The van der Waals surface area contributed by atoms with Crippen molar-refractivity contribution >= 4 is 5.97 Å². The maximum atomic E-state index is 12.4. The van der Waals surface area contributed by atoms with Crippen molar-refractivity contribution < 1.29 is 26.5 Å². The zero-order valence-electron chi connectivity index (χ0n) is 26.5. The van der Waals surface area contributed by atoms with E-state index in [0.29, 0.717) is 12.2 Å². The third-order valence-electron chi connectivity index (χ3n) is 7.75. The minimum Gasteiger partial charge on any atom is -1.00 e. The first kappa shape index (κ1) is 38.6. The molecule has 0 saturated heterocycles. The van der Waals surface area contributed by atoms with Gasteiger partial charge in [0.1, 0.15) is 12.1 Å². The Morgan fingerprint density at radius 2 is 1.10 bits per heavy atom. The lowest BCUT2D eigenvalue weighted by atomic mass is 10.1. The van der Waals surface area contributed by atoms with E-state index in [-0.39, 0.29) is 18.4 Å². The van der Waals surface area contributed by atoms with Crippen LogP contribution in [0.3, 0.4) is 0 Å². The molecule has 0 radical (unpaired) electrons. The van der Waals surface area contributed by atoms with Gasteiger partial charge in [-0.15, -0.1) is 0 Å². The molecular formula is C36H64ClNO2. The number of ether oxygens (including phenoxy) is 1. The van der Waals surface area contributed by atoms with E-state index in [4.69, 9.17) is 4.74 Å². The van der Waals surface area contributed by atoms with Gasteiger partial charge in [-0.1, -0.05) is 135 Å². The third kappa shape index (κ3) is 24.4. The molecule has 1 aromatic rings. The Hall–Kier alpha value is -1.35. The number of allylic oxidation sites excluding steroid dienone is 2. The topological polar surface area (TPSA) is 30.2 Å². The van der Waals surface area contributed by atoms with Gasteiger partial charge < -0.3 is 17.1 Å². The number of halogens is 1. The van der Waals surface area contributed by atoms with Crippen LogP contribution in [0.2, 0.25) is 0 Å². The summed E-state index contributed by atoms with van der Waals surface area (Å²) in [7, 11) is 0. The highest BCUT2D eigenvalue weighted by molar-refractivity contribution is 5.88. The van der Waals surface area contributed by atoms with Crippen LogP contribution in [0.5, 0.6) is 0 Å². The molecule has 3 nitrogen and oxygen atoms in total. The maximum absolute atomic E-state index is 12.4. The van der Waals surface area contributed by atoms with Crippen LogP contribution in [0, 0.1) is 0 Å². The molecule has 0 amide bonds. The van der Waals surface area contributed by atoms with Crippen molar-refractivity contribution in [3.63, 3.8) is 0 Å². The zero-order chi connectivity index (χ0) is 28.1. The highest BCUT2D eigenvalue weighted by atomic mass is 35.5. The van der Waals surface area contributed by atoms with Crippen molar-refractivity contribution in [2.75, 3.05) is 6.61 Å². The number of nitrogens with zero attached hydrogens (tertiary/aromatic N) is 1. The molecule has 0 aliphatic carbocycles. The SMILES string of the molecule is CCCCCCCC/C=C\CCCCCCCC[n+]1cccc(C(=O)OCCCCCCCCCCCC)c1.[Cl-]. The van der Waals surface area contributed by atoms with Crippen LogP contribution >= 0.6 is 0 Å². The number of carbonyl (C=O) groups is 1. The van der Waals surface area contributed by atoms with Gasteiger partial charge in [-0.25, -0.2) is 9.36 Å². The molecule has 0 N–H and O–H groups in total. The average Bonchev–Trinajstić information content (AvgIpc) is 2.95. The number of hydrogen-bond acceptors (Lipinski definition) is 2. The molecule has 0 bridgehead atoms. The molecule has 0 spiro atoms. The Morgan fingerprint density at radius 3 is 1.62 bits per heavy atom. The third-order valence-corrected chi connectivity index (χ3v) is 7.75. The number of rotatable bonds is 28. The van der Waals surface area contributed by atoms with Gasteiger partial charge in [0.25, 0.3) is 0 Å². The summed E-state index contributed by atoms with van der Waals surface area (Å²) in [4.78, 5) is 12.4. The van der Waals surface area contributed by atoms with Gasteiger partial charge in [-0.3, -0.25) is 0 Å². The molecule has 1 aromatic heterocycles. The summed E-state index contributed by atoms with van der Waals surface area (Å²) in [5, 5.41) is 0. The predicted octanol–water partition coefficient (Wildman–Crippen LogP) is 8.09. The number of unbranched alkanes of at least 4 members (excludes halogenated alkanes) is 21. The quantitative estimate of drug-likeness (QED) is 0.0436. The monoisotopic (exact) mass is 577 g/mol. The highest BCUT2D eigenvalue weighted by Crippen LogP contribution is 2.12. The molecule has 0 fully saturated rings. The van der Waals surface area contributed by atoms with Gasteiger partial charge in [-0.2, -0.15) is 0 Å². The van der Waals surface area contributed by atoms with Crippen molar-refractivity contribution in [1.82, 2.24) is 0 Å². The summed E-state index contributed by atoms with van der Waals surface area (Å²) in [6, 6.07) is 3.84. The van der Waals surface area contributed by atoms with Gasteiger partial charge in [0, 0.05) is 12.5 Å².